The van der Waals surface area contributed by atoms with E-state index in [1.807, 2.05) is 6.07 Å². The highest BCUT2D eigenvalue weighted by Crippen LogP contribution is 2.24. The van der Waals surface area contributed by atoms with E-state index >= 15 is 0 Å². The van der Waals surface area contributed by atoms with Crippen molar-refractivity contribution in [3.8, 4) is 0 Å². The summed E-state index contributed by atoms with van der Waals surface area (Å²) in [7, 11) is 0. The fourth-order valence-corrected chi connectivity index (χ4v) is 3.24. The molecule has 0 spiro atoms. The lowest BCUT2D eigenvalue weighted by Gasteiger charge is -2.26. The number of hydrogen-bond acceptors (Lipinski definition) is 4. The second-order valence-corrected chi connectivity index (χ2v) is 6.02. The summed E-state index contributed by atoms with van der Waals surface area (Å²) >= 11 is 0. The molecule has 1 saturated heterocycles. The number of piperazine rings is 1. The van der Waals surface area contributed by atoms with Gasteiger partial charge in [0.15, 0.2) is 0 Å². The summed E-state index contributed by atoms with van der Waals surface area (Å²) in [5, 5.41) is 13.7. The summed E-state index contributed by atoms with van der Waals surface area (Å²) in [6.45, 7) is 6.55. The van der Waals surface area contributed by atoms with Crippen LogP contribution < -0.4 is 11.1 Å². The molecule has 1 aromatic carbocycles. The summed E-state index contributed by atoms with van der Waals surface area (Å²) in [5.74, 6) is -0.894. The molecule has 2 heterocycles. The number of rotatable bonds is 6. The summed E-state index contributed by atoms with van der Waals surface area (Å²) in [6.07, 6.45) is 3.10. The first-order chi connectivity index (χ1) is 11.2. The Bertz CT molecular complexity index is 689. The number of aromatic nitrogens is 1. The van der Waals surface area contributed by atoms with Gasteiger partial charge in [0.25, 0.3) is 0 Å². The van der Waals surface area contributed by atoms with E-state index in [1.54, 1.807) is 12.1 Å². The molecular weight excluding hydrogens is 292 g/mol. The van der Waals surface area contributed by atoms with Gasteiger partial charge < -0.3 is 25.6 Å². The standard InChI is InChI=1S/C17H24N4O2/c18-4-8-21-12-14(3-7-20-9-5-19-6-10-20)15-2-1-13(17(22)23)11-16(15)21/h1-2,11-12,19H,3-10,18H2,(H,22,23). The van der Waals surface area contributed by atoms with Gasteiger partial charge >= 0.3 is 5.97 Å². The molecule has 2 aromatic rings. The lowest BCUT2D eigenvalue weighted by atomic mass is 10.1. The van der Waals surface area contributed by atoms with Gasteiger partial charge in [0, 0.05) is 62.9 Å². The predicted octanol–water partition coefficient (Wildman–Crippen LogP) is 0.746. The van der Waals surface area contributed by atoms with E-state index in [0.29, 0.717) is 18.7 Å². The number of carboxylic acids is 1. The number of carboxylic acid groups (broad SMARTS) is 1. The molecule has 1 aliphatic heterocycles. The minimum atomic E-state index is -0.894. The summed E-state index contributed by atoms with van der Waals surface area (Å²) in [5.41, 5.74) is 8.25. The van der Waals surface area contributed by atoms with Gasteiger partial charge in [-0.1, -0.05) is 6.07 Å². The molecule has 23 heavy (non-hydrogen) atoms. The smallest absolute Gasteiger partial charge is 0.335 e. The van der Waals surface area contributed by atoms with Gasteiger partial charge in [-0.3, -0.25) is 0 Å². The van der Waals surface area contributed by atoms with Crippen LogP contribution in [0.15, 0.2) is 24.4 Å². The van der Waals surface area contributed by atoms with E-state index in [2.05, 4.69) is 21.0 Å². The van der Waals surface area contributed by atoms with Crippen molar-refractivity contribution in [2.45, 2.75) is 13.0 Å². The van der Waals surface area contributed by atoms with E-state index in [4.69, 9.17) is 5.73 Å². The van der Waals surface area contributed by atoms with E-state index < -0.39 is 5.97 Å². The molecule has 0 unspecified atom stereocenters. The number of nitrogens with one attached hydrogen (secondary N) is 1. The third-order valence-electron chi connectivity index (χ3n) is 4.49. The van der Waals surface area contributed by atoms with Gasteiger partial charge in [-0.2, -0.15) is 0 Å². The quantitative estimate of drug-likeness (QED) is 0.732. The lowest BCUT2D eigenvalue weighted by molar-refractivity contribution is 0.0697. The Kier molecular flexibility index (Phi) is 4.95. The van der Waals surface area contributed by atoms with Crippen LogP contribution in [0.25, 0.3) is 10.9 Å². The topological polar surface area (TPSA) is 83.5 Å². The summed E-state index contributed by atoms with van der Waals surface area (Å²) in [6, 6.07) is 5.37. The number of nitrogens with two attached hydrogens (primary N) is 1. The van der Waals surface area contributed by atoms with Crippen molar-refractivity contribution in [2.24, 2.45) is 5.73 Å². The first kappa shape index (κ1) is 16.0. The molecule has 0 atom stereocenters. The van der Waals surface area contributed by atoms with Crippen LogP contribution in [0, 0.1) is 0 Å². The zero-order chi connectivity index (χ0) is 16.2. The molecule has 3 rings (SSSR count). The number of hydrogen-bond donors (Lipinski definition) is 3. The number of benzene rings is 1. The lowest BCUT2D eigenvalue weighted by Crippen LogP contribution is -2.44. The molecule has 1 aromatic heterocycles. The van der Waals surface area contributed by atoms with Gasteiger partial charge in [-0.25, -0.2) is 4.79 Å². The average molecular weight is 316 g/mol. The van der Waals surface area contributed by atoms with Gasteiger partial charge in [-0.05, 0) is 24.1 Å². The predicted molar refractivity (Wildman–Crippen MR) is 91.0 cm³/mol. The molecule has 0 radical (unpaired) electrons. The van der Waals surface area contributed by atoms with Crippen LogP contribution in [0.4, 0.5) is 0 Å². The SMILES string of the molecule is NCCn1cc(CCN2CCNCC2)c2ccc(C(=O)O)cc21. The van der Waals surface area contributed by atoms with Crippen LogP contribution in [0.3, 0.4) is 0 Å². The molecular formula is C17H24N4O2. The maximum atomic E-state index is 11.2. The first-order valence-electron chi connectivity index (χ1n) is 8.17. The van der Waals surface area contributed by atoms with E-state index in [0.717, 1.165) is 50.0 Å². The van der Waals surface area contributed by atoms with Crippen LogP contribution in [0.5, 0.6) is 0 Å². The maximum absolute atomic E-state index is 11.2. The van der Waals surface area contributed by atoms with Gasteiger partial charge in [0.1, 0.15) is 0 Å². The fourth-order valence-electron chi connectivity index (χ4n) is 3.24. The van der Waals surface area contributed by atoms with Crippen LogP contribution >= 0.6 is 0 Å². The van der Waals surface area contributed by atoms with Gasteiger partial charge in [-0.15, -0.1) is 0 Å². The third kappa shape index (κ3) is 3.55. The van der Waals surface area contributed by atoms with Crippen molar-refractivity contribution in [1.82, 2.24) is 14.8 Å². The molecule has 0 amide bonds. The highest BCUT2D eigenvalue weighted by molar-refractivity contribution is 5.94. The van der Waals surface area contributed by atoms with Crippen LogP contribution in [0.2, 0.25) is 0 Å². The van der Waals surface area contributed by atoms with E-state index in [1.165, 1.54) is 5.56 Å². The maximum Gasteiger partial charge on any atom is 0.335 e. The minimum Gasteiger partial charge on any atom is -0.478 e. The zero-order valence-electron chi connectivity index (χ0n) is 13.3. The van der Waals surface area contributed by atoms with Crippen molar-refractivity contribution in [3.63, 3.8) is 0 Å². The second kappa shape index (κ2) is 7.12. The van der Waals surface area contributed by atoms with Crippen molar-refractivity contribution < 1.29 is 9.90 Å². The summed E-state index contributed by atoms with van der Waals surface area (Å²) in [4.78, 5) is 13.7. The van der Waals surface area contributed by atoms with Crippen LogP contribution in [0.1, 0.15) is 15.9 Å². The van der Waals surface area contributed by atoms with Crippen LogP contribution in [-0.4, -0.2) is 59.8 Å². The molecule has 0 bridgehead atoms. The molecule has 0 aliphatic carbocycles. The molecule has 1 fully saturated rings. The largest absolute Gasteiger partial charge is 0.478 e. The average Bonchev–Trinajstić information content (AvgIpc) is 2.91. The molecule has 4 N–H and O–H groups in total. The Morgan fingerprint density at radius 2 is 2.04 bits per heavy atom. The van der Waals surface area contributed by atoms with E-state index in [-0.39, 0.29) is 0 Å². The van der Waals surface area contributed by atoms with Crippen molar-refractivity contribution in [3.05, 3.63) is 35.5 Å². The zero-order valence-corrected chi connectivity index (χ0v) is 13.3. The summed E-state index contributed by atoms with van der Waals surface area (Å²) < 4.78 is 2.08. The highest BCUT2D eigenvalue weighted by Gasteiger charge is 2.14. The third-order valence-corrected chi connectivity index (χ3v) is 4.49. The van der Waals surface area contributed by atoms with Gasteiger partial charge in [0.05, 0.1) is 5.56 Å². The molecule has 6 nitrogen and oxygen atoms in total. The molecule has 124 valence electrons. The monoisotopic (exact) mass is 316 g/mol. The van der Waals surface area contributed by atoms with Crippen molar-refractivity contribution in [1.29, 1.82) is 0 Å². The number of nitrogens with zero attached hydrogens (tertiary/aromatic N) is 2. The number of carbonyl (C=O) groups is 1. The Labute approximate surface area is 135 Å². The highest BCUT2D eigenvalue weighted by atomic mass is 16.4. The molecule has 6 heteroatoms. The normalized spacial score (nSPS) is 16.0. The van der Waals surface area contributed by atoms with E-state index in [9.17, 15) is 9.90 Å². The number of fused-ring (bicyclic) bond motifs is 1. The fraction of sp³-hybridized carbons (Fsp3) is 0.471. The Hall–Kier alpha value is -1.89. The van der Waals surface area contributed by atoms with Crippen molar-refractivity contribution in [2.75, 3.05) is 39.3 Å². The molecule has 0 saturated carbocycles. The van der Waals surface area contributed by atoms with Gasteiger partial charge in [0.2, 0.25) is 0 Å². The minimum absolute atomic E-state index is 0.322. The Balaban J connectivity index is 1.85. The van der Waals surface area contributed by atoms with Crippen LogP contribution in [-0.2, 0) is 13.0 Å². The number of aromatic carboxylic acids is 1. The van der Waals surface area contributed by atoms with Crippen molar-refractivity contribution >= 4 is 16.9 Å². The Morgan fingerprint density at radius 3 is 2.74 bits per heavy atom. The Morgan fingerprint density at radius 1 is 1.26 bits per heavy atom. The first-order valence-corrected chi connectivity index (χ1v) is 8.17. The second-order valence-electron chi connectivity index (χ2n) is 6.02. The molecule has 1 aliphatic rings.